The number of benzene rings is 1. The summed E-state index contributed by atoms with van der Waals surface area (Å²) in [4.78, 5) is 30.1. The van der Waals surface area contributed by atoms with Crippen molar-refractivity contribution in [2.75, 3.05) is 5.32 Å². The Labute approximate surface area is 180 Å². The van der Waals surface area contributed by atoms with Gasteiger partial charge in [-0.05, 0) is 56.1 Å². The van der Waals surface area contributed by atoms with Crippen molar-refractivity contribution in [2.45, 2.75) is 70.1 Å². The first kappa shape index (κ1) is 18.4. The molecule has 0 spiro atoms. The Morgan fingerprint density at radius 2 is 1.67 bits per heavy atom. The predicted molar refractivity (Wildman–Crippen MR) is 119 cm³/mol. The van der Waals surface area contributed by atoms with Crippen LogP contribution in [0.2, 0.25) is 0 Å². The minimum absolute atomic E-state index is 0.0330. The number of nitrogens with one attached hydrogen (secondary N) is 1. The molecule has 30 heavy (non-hydrogen) atoms. The molecule has 2 aromatic heterocycles. The van der Waals surface area contributed by atoms with Gasteiger partial charge in [-0.3, -0.25) is 4.79 Å². The maximum atomic E-state index is 14.0. The van der Waals surface area contributed by atoms with E-state index in [0.717, 1.165) is 53.2 Å². The van der Waals surface area contributed by atoms with Gasteiger partial charge in [0.25, 0.3) is 0 Å². The molecule has 6 heteroatoms. The van der Waals surface area contributed by atoms with Gasteiger partial charge < -0.3 is 5.32 Å². The van der Waals surface area contributed by atoms with Crippen LogP contribution in [-0.2, 0) is 28.5 Å². The van der Waals surface area contributed by atoms with E-state index < -0.39 is 5.41 Å². The van der Waals surface area contributed by atoms with E-state index >= 15 is 0 Å². The Morgan fingerprint density at radius 1 is 0.967 bits per heavy atom. The second kappa shape index (κ2) is 5.88. The molecule has 2 bridgehead atoms. The molecule has 6 rings (SSSR count). The topological polar surface area (TPSA) is 67.8 Å². The molecule has 2 heterocycles. The van der Waals surface area contributed by atoms with Crippen molar-refractivity contribution in [1.29, 1.82) is 0 Å². The fourth-order valence-corrected chi connectivity index (χ4v) is 7.20. The molecular formula is C24H26N4OS. The molecule has 1 saturated carbocycles. The number of anilines is 1. The van der Waals surface area contributed by atoms with Gasteiger partial charge in [-0.25, -0.2) is 15.0 Å². The number of nitrogens with zero attached hydrogens (tertiary/aromatic N) is 3. The largest absolute Gasteiger partial charge is 0.301 e. The number of aromatic nitrogens is 3. The van der Waals surface area contributed by atoms with Crippen molar-refractivity contribution in [1.82, 2.24) is 15.0 Å². The lowest BCUT2D eigenvalue weighted by Crippen LogP contribution is -2.48. The third-order valence-corrected chi connectivity index (χ3v) is 9.47. The van der Waals surface area contributed by atoms with E-state index in [1.807, 2.05) is 24.3 Å². The molecule has 0 aliphatic heterocycles. The number of para-hydroxylation sites is 2. The smallest absolute Gasteiger partial charge is 0.239 e. The zero-order valence-corrected chi connectivity index (χ0v) is 18.5. The van der Waals surface area contributed by atoms with Crippen molar-refractivity contribution in [3.63, 3.8) is 0 Å². The number of rotatable bonds is 2. The van der Waals surface area contributed by atoms with E-state index in [-0.39, 0.29) is 16.7 Å². The zero-order chi connectivity index (χ0) is 20.7. The Bertz CT molecular complexity index is 1190. The summed E-state index contributed by atoms with van der Waals surface area (Å²) in [6.07, 6.45) is 6.26. The van der Waals surface area contributed by atoms with Crippen molar-refractivity contribution in [3.8, 4) is 0 Å². The van der Waals surface area contributed by atoms with Crippen LogP contribution in [0.3, 0.4) is 0 Å². The molecule has 2 atom stereocenters. The van der Waals surface area contributed by atoms with E-state index in [2.05, 4.69) is 26.1 Å². The van der Waals surface area contributed by atoms with Crippen LogP contribution in [0.25, 0.3) is 11.0 Å². The standard InChI is InChI=1S/C24H26N4OS/c1-22(2)23(3)12-13-24(22,19-18(23)25-14-8-4-5-9-15(14)26-19)20(29)28-21-27-16-10-6-7-11-17(16)30-21/h4-5,8-9H,6-7,10-13H2,1-3H3,(H,27,28,29). The molecule has 3 aliphatic carbocycles. The lowest BCUT2D eigenvalue weighted by atomic mass is 9.63. The molecule has 1 fully saturated rings. The fraction of sp³-hybridized carbons (Fsp3) is 0.500. The SMILES string of the molecule is CC12CCC(C(=O)Nc3nc4c(s3)CCCC4)(c3nc4ccccc4nc31)C2(C)C. The molecule has 154 valence electrons. The normalized spacial score (nSPS) is 28.4. The van der Waals surface area contributed by atoms with Gasteiger partial charge in [-0.2, -0.15) is 0 Å². The molecular weight excluding hydrogens is 392 g/mol. The summed E-state index contributed by atoms with van der Waals surface area (Å²) in [6.45, 7) is 6.71. The van der Waals surface area contributed by atoms with Crippen LogP contribution in [0, 0.1) is 5.41 Å². The highest BCUT2D eigenvalue weighted by molar-refractivity contribution is 7.15. The zero-order valence-electron chi connectivity index (χ0n) is 17.7. The minimum Gasteiger partial charge on any atom is -0.301 e. The van der Waals surface area contributed by atoms with Crippen LogP contribution in [0.1, 0.15) is 68.4 Å². The number of amides is 1. The van der Waals surface area contributed by atoms with Crippen LogP contribution in [-0.4, -0.2) is 20.9 Å². The number of hydrogen-bond acceptors (Lipinski definition) is 5. The third kappa shape index (κ3) is 2.08. The molecule has 5 nitrogen and oxygen atoms in total. The Hall–Kier alpha value is -2.34. The van der Waals surface area contributed by atoms with E-state index in [1.54, 1.807) is 11.3 Å². The lowest BCUT2D eigenvalue weighted by Gasteiger charge is -2.39. The highest BCUT2D eigenvalue weighted by Crippen LogP contribution is 2.70. The first-order chi connectivity index (χ1) is 14.4. The second-order valence-electron chi connectivity index (χ2n) is 9.82. The van der Waals surface area contributed by atoms with Gasteiger partial charge in [0.2, 0.25) is 5.91 Å². The highest BCUT2D eigenvalue weighted by atomic mass is 32.1. The molecule has 1 N–H and O–H groups in total. The van der Waals surface area contributed by atoms with Gasteiger partial charge in [0.1, 0.15) is 0 Å². The lowest BCUT2D eigenvalue weighted by molar-refractivity contribution is -0.125. The fourth-order valence-electron chi connectivity index (χ4n) is 6.16. The summed E-state index contributed by atoms with van der Waals surface area (Å²) in [5.41, 5.74) is 3.70. The molecule has 1 aromatic carbocycles. The average Bonchev–Trinajstić information content (AvgIpc) is 3.28. The molecule has 2 unspecified atom stereocenters. The van der Waals surface area contributed by atoms with Gasteiger partial charge in [-0.1, -0.05) is 32.9 Å². The van der Waals surface area contributed by atoms with Crippen molar-refractivity contribution < 1.29 is 4.79 Å². The number of carbonyl (C=O) groups is 1. The summed E-state index contributed by atoms with van der Waals surface area (Å²) in [5, 5.41) is 3.97. The number of fused-ring (bicyclic) bond motifs is 7. The van der Waals surface area contributed by atoms with Gasteiger partial charge in [0.15, 0.2) is 5.13 Å². The van der Waals surface area contributed by atoms with Crippen LogP contribution >= 0.6 is 11.3 Å². The number of hydrogen-bond donors (Lipinski definition) is 1. The number of aryl methyl sites for hydroxylation is 2. The highest BCUT2D eigenvalue weighted by Gasteiger charge is 2.73. The van der Waals surface area contributed by atoms with Crippen molar-refractivity contribution >= 4 is 33.4 Å². The maximum Gasteiger partial charge on any atom is 0.239 e. The minimum atomic E-state index is -0.680. The molecule has 0 saturated heterocycles. The monoisotopic (exact) mass is 418 g/mol. The molecule has 1 amide bonds. The first-order valence-corrected chi connectivity index (χ1v) is 11.8. The van der Waals surface area contributed by atoms with E-state index in [4.69, 9.17) is 15.0 Å². The van der Waals surface area contributed by atoms with Crippen LogP contribution < -0.4 is 5.32 Å². The van der Waals surface area contributed by atoms with Gasteiger partial charge in [-0.15, -0.1) is 11.3 Å². The average molecular weight is 419 g/mol. The van der Waals surface area contributed by atoms with E-state index in [9.17, 15) is 4.79 Å². The van der Waals surface area contributed by atoms with Crippen LogP contribution in [0.15, 0.2) is 24.3 Å². The quantitative estimate of drug-likeness (QED) is 0.640. The Morgan fingerprint density at radius 3 is 2.40 bits per heavy atom. The predicted octanol–water partition coefficient (Wildman–Crippen LogP) is 4.93. The number of thiazole rings is 1. The van der Waals surface area contributed by atoms with Crippen molar-refractivity contribution in [3.05, 3.63) is 46.2 Å². The molecule has 3 aromatic rings. The molecule has 3 aliphatic rings. The summed E-state index contributed by atoms with van der Waals surface area (Å²) in [6, 6.07) is 7.98. The second-order valence-corrected chi connectivity index (χ2v) is 10.9. The Kier molecular flexibility index (Phi) is 3.61. The van der Waals surface area contributed by atoms with E-state index in [0.29, 0.717) is 0 Å². The molecule has 0 radical (unpaired) electrons. The maximum absolute atomic E-state index is 14.0. The van der Waals surface area contributed by atoms with Crippen LogP contribution in [0.5, 0.6) is 0 Å². The number of carbonyl (C=O) groups excluding carboxylic acids is 1. The van der Waals surface area contributed by atoms with E-state index in [1.165, 1.54) is 23.4 Å². The summed E-state index contributed by atoms with van der Waals surface area (Å²) >= 11 is 1.65. The van der Waals surface area contributed by atoms with Crippen LogP contribution in [0.4, 0.5) is 5.13 Å². The van der Waals surface area contributed by atoms with Gasteiger partial charge in [0.05, 0.1) is 33.5 Å². The summed E-state index contributed by atoms with van der Waals surface area (Å²) in [7, 11) is 0. The van der Waals surface area contributed by atoms with Crippen molar-refractivity contribution in [2.24, 2.45) is 5.41 Å². The first-order valence-electron chi connectivity index (χ1n) is 10.9. The summed E-state index contributed by atoms with van der Waals surface area (Å²) in [5.74, 6) is 0.0330. The van der Waals surface area contributed by atoms with Gasteiger partial charge >= 0.3 is 0 Å². The Balaban J connectivity index is 1.48. The van der Waals surface area contributed by atoms with Gasteiger partial charge in [0, 0.05) is 10.3 Å². The summed E-state index contributed by atoms with van der Waals surface area (Å²) < 4.78 is 0. The third-order valence-electron chi connectivity index (χ3n) is 8.40.